The molecule has 0 bridgehead atoms. The van der Waals surface area contributed by atoms with E-state index in [1.165, 1.54) is 23.2 Å². The molecule has 2 aromatic rings. The Kier molecular flexibility index (Phi) is 6.80. The van der Waals surface area contributed by atoms with Crippen molar-refractivity contribution in [1.82, 2.24) is 9.78 Å². The molecule has 1 fully saturated rings. The molecule has 1 aliphatic carbocycles. The molecule has 10 heteroatoms. The number of hydrogen-bond acceptors (Lipinski definition) is 4. The second-order valence-electron chi connectivity index (χ2n) is 8.44. The third-order valence-electron chi connectivity index (χ3n) is 5.64. The largest absolute Gasteiger partial charge is 0.511 e. The van der Waals surface area contributed by atoms with Crippen molar-refractivity contribution in [3.05, 3.63) is 36.0 Å². The molecule has 1 aromatic heterocycles. The summed E-state index contributed by atoms with van der Waals surface area (Å²) in [6.45, 7) is 5.66. The molecule has 0 saturated heterocycles. The number of anilines is 1. The van der Waals surface area contributed by atoms with Crippen molar-refractivity contribution < 1.29 is 32.6 Å². The second kappa shape index (κ2) is 9.22. The number of ether oxygens (including phenoxy) is 1. The topological polar surface area (TPSA) is 84.7 Å². The van der Waals surface area contributed by atoms with Crippen LogP contribution >= 0.6 is 0 Å². The molecule has 0 spiro atoms. The van der Waals surface area contributed by atoms with Gasteiger partial charge >= 0.3 is 12.3 Å². The molecular formula is C22H26F3N3O4. The third-order valence-corrected chi connectivity index (χ3v) is 5.64. The highest BCUT2D eigenvalue weighted by molar-refractivity contribution is 5.96. The van der Waals surface area contributed by atoms with Gasteiger partial charge in [-0.2, -0.15) is 13.2 Å². The maximum atomic E-state index is 13.3. The van der Waals surface area contributed by atoms with Gasteiger partial charge in [-0.15, -0.1) is 5.10 Å². The number of carboxylic acid groups (broad SMARTS) is 1. The number of halogens is 3. The molecule has 7 nitrogen and oxygen atoms in total. The molecule has 1 amide bonds. The molecule has 1 N–H and O–H groups in total. The van der Waals surface area contributed by atoms with Crippen LogP contribution in [-0.2, 0) is 11.0 Å². The zero-order valence-electron chi connectivity index (χ0n) is 18.1. The lowest BCUT2D eigenvalue weighted by atomic mass is 9.82. The van der Waals surface area contributed by atoms with Gasteiger partial charge in [0.15, 0.2) is 5.75 Å². The lowest BCUT2D eigenvalue weighted by molar-refractivity contribution is -0.137. The standard InChI is InChI=1S/C22H26F3N3O4/c1-13(2)28(20(29)15-9-7-14(3)8-10-15)19-18(32-21(30)31)12-27(26-19)17-6-4-5-16(11-17)22(23,24)25/h4-6,11-15H,7-10H2,1-3H3,(H,30,31)/t14-,15-. The van der Waals surface area contributed by atoms with Crippen molar-refractivity contribution in [3.63, 3.8) is 0 Å². The maximum absolute atomic E-state index is 13.3. The summed E-state index contributed by atoms with van der Waals surface area (Å²) >= 11 is 0. The van der Waals surface area contributed by atoms with Gasteiger partial charge in [0.2, 0.25) is 11.7 Å². The lowest BCUT2D eigenvalue weighted by Gasteiger charge is -2.32. The Labute approximate surface area is 183 Å². The van der Waals surface area contributed by atoms with E-state index in [2.05, 4.69) is 12.0 Å². The van der Waals surface area contributed by atoms with Crippen molar-refractivity contribution in [2.75, 3.05) is 4.90 Å². The molecule has 0 aliphatic heterocycles. The van der Waals surface area contributed by atoms with E-state index < -0.39 is 17.9 Å². The van der Waals surface area contributed by atoms with Crippen LogP contribution in [0.1, 0.15) is 52.0 Å². The summed E-state index contributed by atoms with van der Waals surface area (Å²) in [7, 11) is 0. The fourth-order valence-electron chi connectivity index (χ4n) is 3.95. The minimum absolute atomic E-state index is 0.0385. The van der Waals surface area contributed by atoms with E-state index in [9.17, 15) is 22.8 Å². The SMILES string of the molecule is CC(C)N(c1nn(-c2cccc(C(F)(F)F)c2)cc1OC(=O)O)C(=O)[C@H]1CC[C@H](C)CC1. The summed E-state index contributed by atoms with van der Waals surface area (Å²) in [4.78, 5) is 26.0. The van der Waals surface area contributed by atoms with E-state index in [4.69, 9.17) is 9.84 Å². The summed E-state index contributed by atoms with van der Waals surface area (Å²) in [5.74, 6) is -0.149. The van der Waals surface area contributed by atoms with E-state index in [1.54, 1.807) is 13.8 Å². The first-order chi connectivity index (χ1) is 15.0. The van der Waals surface area contributed by atoms with E-state index in [0.717, 1.165) is 29.7 Å². The van der Waals surface area contributed by atoms with Gasteiger partial charge in [-0.1, -0.05) is 13.0 Å². The van der Waals surface area contributed by atoms with Gasteiger partial charge in [-0.3, -0.25) is 9.69 Å². The molecule has 1 heterocycles. The average molecular weight is 453 g/mol. The predicted octanol–water partition coefficient (Wildman–Crippen LogP) is 5.52. The van der Waals surface area contributed by atoms with Gasteiger partial charge in [0.05, 0.1) is 17.4 Å². The third kappa shape index (κ3) is 5.23. The smallest absolute Gasteiger partial charge is 0.449 e. The van der Waals surface area contributed by atoms with Crippen LogP contribution in [0.15, 0.2) is 30.5 Å². The highest BCUT2D eigenvalue weighted by Gasteiger charge is 2.34. The normalized spacial score (nSPS) is 19.1. The summed E-state index contributed by atoms with van der Waals surface area (Å²) in [5.41, 5.74) is -0.815. The summed E-state index contributed by atoms with van der Waals surface area (Å²) in [5, 5.41) is 13.4. The zero-order chi connectivity index (χ0) is 23.6. The van der Waals surface area contributed by atoms with Crippen LogP contribution in [0, 0.1) is 11.8 Å². The Hall–Kier alpha value is -3.04. The minimum Gasteiger partial charge on any atom is -0.449 e. The molecule has 1 aromatic carbocycles. The molecule has 0 atom stereocenters. The molecule has 32 heavy (non-hydrogen) atoms. The number of amides is 1. The van der Waals surface area contributed by atoms with Crippen LogP contribution in [-0.4, -0.2) is 33.0 Å². The van der Waals surface area contributed by atoms with Crippen LogP contribution in [0.5, 0.6) is 5.75 Å². The molecule has 174 valence electrons. The number of rotatable bonds is 5. The average Bonchev–Trinajstić information content (AvgIpc) is 3.10. The van der Waals surface area contributed by atoms with E-state index >= 15 is 0 Å². The molecule has 1 saturated carbocycles. The molecular weight excluding hydrogens is 427 g/mol. The van der Waals surface area contributed by atoms with Crippen molar-refractivity contribution in [2.24, 2.45) is 11.8 Å². The van der Waals surface area contributed by atoms with Crippen molar-refractivity contribution >= 4 is 17.9 Å². The molecule has 0 unspecified atom stereocenters. The molecule has 3 rings (SSSR count). The first-order valence-electron chi connectivity index (χ1n) is 10.5. The quantitative estimate of drug-likeness (QED) is 0.603. The van der Waals surface area contributed by atoms with Crippen LogP contribution in [0.2, 0.25) is 0 Å². The number of carbonyl (C=O) groups is 2. The summed E-state index contributed by atoms with van der Waals surface area (Å²) < 4.78 is 45.3. The number of carbonyl (C=O) groups excluding carboxylic acids is 1. The van der Waals surface area contributed by atoms with Crippen LogP contribution < -0.4 is 9.64 Å². The van der Waals surface area contributed by atoms with Crippen molar-refractivity contribution in [2.45, 2.75) is 58.7 Å². The van der Waals surface area contributed by atoms with Gasteiger partial charge in [0.1, 0.15) is 0 Å². The predicted molar refractivity (Wildman–Crippen MR) is 111 cm³/mol. The highest BCUT2D eigenvalue weighted by Crippen LogP contribution is 2.36. The number of alkyl halides is 3. The van der Waals surface area contributed by atoms with E-state index in [-0.39, 0.29) is 35.1 Å². The Bertz CT molecular complexity index is 979. The van der Waals surface area contributed by atoms with Crippen molar-refractivity contribution in [1.29, 1.82) is 0 Å². The second-order valence-corrected chi connectivity index (χ2v) is 8.44. The van der Waals surface area contributed by atoms with Gasteiger partial charge in [0, 0.05) is 12.0 Å². The van der Waals surface area contributed by atoms with Crippen LogP contribution in [0.3, 0.4) is 0 Å². The van der Waals surface area contributed by atoms with Crippen LogP contribution in [0.4, 0.5) is 23.8 Å². The Morgan fingerprint density at radius 3 is 2.44 bits per heavy atom. The fourth-order valence-corrected chi connectivity index (χ4v) is 3.95. The Morgan fingerprint density at radius 2 is 1.88 bits per heavy atom. The number of hydrogen-bond donors (Lipinski definition) is 1. The van der Waals surface area contributed by atoms with Gasteiger partial charge in [-0.05, 0) is 63.6 Å². The lowest BCUT2D eigenvalue weighted by Crippen LogP contribution is -2.42. The highest BCUT2D eigenvalue weighted by atomic mass is 19.4. The zero-order valence-corrected chi connectivity index (χ0v) is 18.1. The summed E-state index contributed by atoms with van der Waals surface area (Å²) in [6.07, 6.45) is -1.73. The number of aromatic nitrogens is 2. The van der Waals surface area contributed by atoms with Gasteiger partial charge in [0.25, 0.3) is 0 Å². The number of nitrogens with zero attached hydrogens (tertiary/aromatic N) is 3. The van der Waals surface area contributed by atoms with Gasteiger partial charge in [-0.25, -0.2) is 9.48 Å². The Morgan fingerprint density at radius 1 is 1.22 bits per heavy atom. The summed E-state index contributed by atoms with van der Waals surface area (Å²) in [6, 6.07) is 4.08. The first kappa shape index (κ1) is 23.6. The van der Waals surface area contributed by atoms with Crippen LogP contribution in [0.25, 0.3) is 5.69 Å². The molecule has 1 aliphatic rings. The van der Waals surface area contributed by atoms with E-state index in [1.807, 2.05) is 0 Å². The molecule has 0 radical (unpaired) electrons. The minimum atomic E-state index is -4.55. The first-order valence-corrected chi connectivity index (χ1v) is 10.5. The van der Waals surface area contributed by atoms with Gasteiger partial charge < -0.3 is 9.84 Å². The Balaban J connectivity index is 2.03. The van der Waals surface area contributed by atoms with E-state index in [0.29, 0.717) is 18.8 Å². The number of benzene rings is 1. The monoisotopic (exact) mass is 453 g/mol. The fraction of sp³-hybridized carbons (Fsp3) is 0.500. The van der Waals surface area contributed by atoms with Crippen molar-refractivity contribution in [3.8, 4) is 11.4 Å². The maximum Gasteiger partial charge on any atom is 0.511 e.